The van der Waals surface area contributed by atoms with Crippen LogP contribution in [-0.2, 0) is 12.8 Å². The zero-order valence-corrected chi connectivity index (χ0v) is 34.5. The second-order valence-electron chi connectivity index (χ2n) is 17.2. The normalized spacial score (nSPS) is 18.5. The second kappa shape index (κ2) is 13.8. The number of furan rings is 1. The van der Waals surface area contributed by atoms with E-state index in [-0.39, 0.29) is 12.0 Å². The van der Waals surface area contributed by atoms with Crippen molar-refractivity contribution in [2.75, 3.05) is 6.54 Å². The lowest BCUT2D eigenvalue weighted by Gasteiger charge is -2.32. The third kappa shape index (κ3) is 5.92. The number of aromatic nitrogens is 2. The Kier molecular flexibility index (Phi) is 9.21. The lowest BCUT2D eigenvalue weighted by molar-refractivity contribution is -0.727. The van der Waals surface area contributed by atoms with E-state index in [0.717, 1.165) is 71.2 Å². The van der Waals surface area contributed by atoms with Gasteiger partial charge in [-0.1, -0.05) is 95.5 Å². The number of rotatable bonds is 7. The van der Waals surface area contributed by atoms with Crippen LogP contribution in [0.1, 0.15) is 79.0 Å². The Morgan fingerprint density at radius 2 is 1.69 bits per heavy atom. The van der Waals surface area contributed by atoms with Crippen LogP contribution < -0.4 is 9.75 Å². The quantitative estimate of drug-likeness (QED) is 0.121. The van der Waals surface area contributed by atoms with Crippen molar-refractivity contribution in [2.24, 2.45) is 5.92 Å². The molecule has 54 heavy (non-hydrogen) atoms. The summed E-state index contributed by atoms with van der Waals surface area (Å²) in [5.74, 6) is 0.835. The highest BCUT2D eigenvalue weighted by Crippen LogP contribution is 2.45. The SMILES string of the molecule is C=C/C1=[N+](\CCC)C(=C)C2C(CCc3ccc4c(oc5nc(-c6c(C)cccc6C)ccc54)c31)c1ccccc1-c1cc(CC(C)C)c([Si](C)(C)C)c[n+]12. The highest BCUT2D eigenvalue weighted by molar-refractivity contribution is 6.89. The van der Waals surface area contributed by atoms with E-state index in [1.807, 2.05) is 6.08 Å². The molecule has 0 saturated carbocycles. The summed E-state index contributed by atoms with van der Waals surface area (Å²) in [7, 11) is -1.69. The summed E-state index contributed by atoms with van der Waals surface area (Å²) in [4.78, 5) is 5.16. The average Bonchev–Trinajstić information content (AvgIpc) is 3.52. The number of nitrogens with zero attached hydrogens (tertiary/aromatic N) is 3. The fraction of sp³-hybridized carbons (Fsp3) is 0.327. The molecule has 2 atom stereocenters. The Bertz CT molecular complexity index is 2510. The van der Waals surface area contributed by atoms with E-state index in [1.54, 1.807) is 5.19 Å². The van der Waals surface area contributed by atoms with Crippen LogP contribution in [0.3, 0.4) is 0 Å². The van der Waals surface area contributed by atoms with Gasteiger partial charge in [-0.25, -0.2) is 4.98 Å². The van der Waals surface area contributed by atoms with E-state index < -0.39 is 8.07 Å². The number of allylic oxidation sites excluding steroid dienone is 2. The maximum atomic E-state index is 6.92. The van der Waals surface area contributed by atoms with Gasteiger partial charge in [-0.2, -0.15) is 9.14 Å². The van der Waals surface area contributed by atoms with E-state index in [4.69, 9.17) is 16.0 Å². The summed E-state index contributed by atoms with van der Waals surface area (Å²) in [5.41, 5.74) is 16.3. The van der Waals surface area contributed by atoms with E-state index in [9.17, 15) is 0 Å². The summed E-state index contributed by atoms with van der Waals surface area (Å²) in [6, 6.07) is 27.1. The van der Waals surface area contributed by atoms with E-state index in [1.165, 1.54) is 44.6 Å². The van der Waals surface area contributed by atoms with Crippen molar-refractivity contribution in [3.05, 3.63) is 137 Å². The van der Waals surface area contributed by atoms with Crippen LogP contribution in [0.5, 0.6) is 0 Å². The largest absolute Gasteiger partial charge is 0.437 e. The van der Waals surface area contributed by atoms with Gasteiger partial charge in [0.25, 0.3) is 0 Å². The molecule has 5 heterocycles. The maximum Gasteiger partial charge on any atom is 0.247 e. The van der Waals surface area contributed by atoms with Crippen molar-refractivity contribution in [3.8, 4) is 22.5 Å². The molecule has 0 bridgehead atoms. The fourth-order valence-corrected chi connectivity index (χ4v) is 11.2. The number of pyridine rings is 2. The molecule has 6 aromatic rings. The van der Waals surface area contributed by atoms with Crippen LogP contribution in [0.25, 0.3) is 44.6 Å². The highest BCUT2D eigenvalue weighted by Gasteiger charge is 2.48. The van der Waals surface area contributed by atoms with Gasteiger partial charge in [0, 0.05) is 45.6 Å². The molecule has 0 saturated heterocycles. The summed E-state index contributed by atoms with van der Waals surface area (Å²) in [6.45, 7) is 29.1. The van der Waals surface area contributed by atoms with Gasteiger partial charge >= 0.3 is 0 Å². The third-order valence-electron chi connectivity index (χ3n) is 11.9. The van der Waals surface area contributed by atoms with E-state index >= 15 is 0 Å². The number of hydrogen-bond acceptors (Lipinski definition) is 2. The molecule has 0 N–H and O–H groups in total. The maximum absolute atomic E-state index is 6.92. The van der Waals surface area contributed by atoms with Crippen LogP contribution in [0.4, 0.5) is 0 Å². The Hall–Kier alpha value is -4.87. The first-order chi connectivity index (χ1) is 25.9. The van der Waals surface area contributed by atoms with Crippen LogP contribution in [0.2, 0.25) is 19.6 Å². The zero-order valence-electron chi connectivity index (χ0n) is 33.5. The van der Waals surface area contributed by atoms with Crippen LogP contribution in [-0.4, -0.2) is 29.9 Å². The Labute approximate surface area is 322 Å². The molecule has 2 aliphatic rings. The Morgan fingerprint density at radius 1 is 0.944 bits per heavy atom. The number of hydrogen-bond donors (Lipinski definition) is 0. The van der Waals surface area contributed by atoms with Crippen LogP contribution in [0, 0.1) is 19.8 Å². The van der Waals surface area contributed by atoms with Gasteiger partial charge in [0.2, 0.25) is 28.9 Å². The van der Waals surface area contributed by atoms with Gasteiger partial charge in [-0.05, 0) is 91.6 Å². The van der Waals surface area contributed by atoms with Crippen molar-refractivity contribution in [1.82, 2.24) is 4.98 Å². The number of benzene rings is 3. The molecule has 0 radical (unpaired) electrons. The van der Waals surface area contributed by atoms with Crippen molar-refractivity contribution in [2.45, 2.75) is 91.9 Å². The zero-order chi connectivity index (χ0) is 38.1. The fourth-order valence-electron chi connectivity index (χ4n) is 9.53. The van der Waals surface area contributed by atoms with Gasteiger partial charge in [-0.15, -0.1) is 0 Å². The first kappa shape index (κ1) is 36.1. The van der Waals surface area contributed by atoms with Crippen LogP contribution in [0.15, 0.2) is 108 Å². The average molecular weight is 730 g/mol. The minimum absolute atomic E-state index is 0.0571. The number of aryl methyl sites for hydroxylation is 3. The smallest absolute Gasteiger partial charge is 0.247 e. The highest BCUT2D eigenvalue weighted by atomic mass is 28.3. The topological polar surface area (TPSA) is 32.9 Å². The second-order valence-corrected chi connectivity index (χ2v) is 22.2. The van der Waals surface area contributed by atoms with Crippen molar-refractivity contribution < 1.29 is 13.6 Å². The predicted octanol–water partition coefficient (Wildman–Crippen LogP) is 11.2. The molecule has 0 aliphatic carbocycles. The van der Waals surface area contributed by atoms with Gasteiger partial charge in [0.05, 0.1) is 25.2 Å². The summed E-state index contributed by atoms with van der Waals surface area (Å²) in [6.07, 6.45) is 8.56. The summed E-state index contributed by atoms with van der Waals surface area (Å²) < 4.78 is 12.0. The predicted molar refractivity (Wildman–Crippen MR) is 229 cm³/mol. The van der Waals surface area contributed by atoms with Crippen molar-refractivity contribution in [1.29, 1.82) is 0 Å². The summed E-state index contributed by atoms with van der Waals surface area (Å²) in [5, 5.41) is 3.68. The molecule has 2 aliphatic heterocycles. The number of fused-ring (bicyclic) bond motifs is 11. The summed E-state index contributed by atoms with van der Waals surface area (Å²) >= 11 is 0. The molecule has 0 fully saturated rings. The monoisotopic (exact) mass is 729 g/mol. The van der Waals surface area contributed by atoms with E-state index in [2.05, 4.69) is 149 Å². The van der Waals surface area contributed by atoms with Crippen molar-refractivity contribution in [3.63, 3.8) is 0 Å². The first-order valence-electron chi connectivity index (χ1n) is 20.0. The minimum Gasteiger partial charge on any atom is -0.437 e. The molecule has 0 amide bonds. The Balaban J connectivity index is 1.38. The molecule has 0 spiro atoms. The minimum atomic E-state index is -1.69. The van der Waals surface area contributed by atoms with Gasteiger partial charge in [-0.3, -0.25) is 0 Å². The van der Waals surface area contributed by atoms with Crippen molar-refractivity contribution >= 4 is 41.0 Å². The third-order valence-corrected chi connectivity index (χ3v) is 14.0. The molecular formula is C49H55N3OSi+2. The molecule has 2 unspecified atom stereocenters. The molecule has 5 heteroatoms. The van der Waals surface area contributed by atoms with Gasteiger partial charge in [0.15, 0.2) is 11.8 Å². The molecule has 8 rings (SSSR count). The molecule has 4 nitrogen and oxygen atoms in total. The molecule has 274 valence electrons. The van der Waals surface area contributed by atoms with Gasteiger partial charge < -0.3 is 4.42 Å². The lowest BCUT2D eigenvalue weighted by atomic mass is 9.78. The molecule has 3 aromatic carbocycles. The molecular weight excluding hydrogens is 675 g/mol. The first-order valence-corrected chi connectivity index (χ1v) is 23.5. The standard InChI is InChI=1S/C49H55N3OSi/c1-11-26-51-33(7)47-38(36-18-13-14-19-37(36)43-28-35(27-30(3)4)44(29-52(43)47)54(8,9)10)22-20-34-21-23-39-40-24-25-41(45-31(5)16-15-17-32(45)6)50-49(40)53-48(39)46(34)42(51)12-2/h12-19,21,23-25,28-30,38,47H,2,7,11,20,22,26-27H2,1,3-6,8-10H3/q+2/b51-42-. The Morgan fingerprint density at radius 3 is 2.39 bits per heavy atom. The van der Waals surface area contributed by atoms with Gasteiger partial charge in [0.1, 0.15) is 6.54 Å². The van der Waals surface area contributed by atoms with E-state index in [0.29, 0.717) is 11.6 Å². The van der Waals surface area contributed by atoms with Crippen LogP contribution >= 0.6 is 0 Å². The lowest BCUT2D eigenvalue weighted by Crippen LogP contribution is -2.55. The molecule has 3 aromatic heterocycles.